The predicted octanol–water partition coefficient (Wildman–Crippen LogP) is 3.16. The lowest BCUT2D eigenvalue weighted by molar-refractivity contribution is 0.327. The molecule has 0 bridgehead atoms. The highest BCUT2D eigenvalue weighted by atomic mass is 32.2. The topological polar surface area (TPSA) is 46.5 Å². The second-order valence-corrected chi connectivity index (χ2v) is 5.82. The first-order valence-corrected chi connectivity index (χ1v) is 7.15. The second kappa shape index (κ2) is 6.09. The number of hydrogen-bond donors (Lipinski definition) is 1. The van der Waals surface area contributed by atoms with E-state index >= 15 is 0 Å². The quantitative estimate of drug-likeness (QED) is 0.912. The van der Waals surface area contributed by atoms with Crippen LogP contribution >= 0.6 is 11.8 Å². The maximum absolute atomic E-state index is 5.31. The molecule has 0 saturated heterocycles. The summed E-state index contributed by atoms with van der Waals surface area (Å²) in [6.45, 7) is 6.96. The van der Waals surface area contributed by atoms with Crippen molar-refractivity contribution in [1.82, 2.24) is 4.98 Å². The molecule has 4 nitrogen and oxygen atoms in total. The summed E-state index contributed by atoms with van der Waals surface area (Å²) < 4.78 is 5.31. The van der Waals surface area contributed by atoms with Crippen LogP contribution in [-0.2, 0) is 0 Å². The zero-order valence-electron chi connectivity index (χ0n) is 11.0. The molecule has 1 aliphatic rings. The lowest BCUT2D eigenvalue weighted by Gasteiger charge is -2.22. The minimum atomic E-state index is 0.388. The number of nitrogens with zero attached hydrogens (tertiary/aromatic N) is 2. The lowest BCUT2D eigenvalue weighted by Crippen LogP contribution is -2.22. The van der Waals surface area contributed by atoms with Gasteiger partial charge in [0, 0.05) is 11.3 Å². The van der Waals surface area contributed by atoms with Crippen LogP contribution in [0.5, 0.6) is 5.88 Å². The largest absolute Gasteiger partial charge is 0.478 e. The van der Waals surface area contributed by atoms with E-state index in [9.17, 15) is 0 Å². The Morgan fingerprint density at radius 1 is 1.44 bits per heavy atom. The van der Waals surface area contributed by atoms with Gasteiger partial charge >= 0.3 is 0 Å². The maximum Gasteiger partial charge on any atom is 0.213 e. The monoisotopic (exact) mass is 265 g/mol. The van der Waals surface area contributed by atoms with Crippen molar-refractivity contribution in [2.45, 2.75) is 38.5 Å². The van der Waals surface area contributed by atoms with E-state index in [2.05, 4.69) is 29.1 Å². The average molecular weight is 265 g/mol. The lowest BCUT2D eigenvalue weighted by atomic mass is 10.2. The van der Waals surface area contributed by atoms with Crippen LogP contribution in [0, 0.1) is 0 Å². The van der Waals surface area contributed by atoms with Gasteiger partial charge in [-0.25, -0.2) is 4.98 Å². The van der Waals surface area contributed by atoms with Gasteiger partial charge in [-0.1, -0.05) is 18.7 Å². The Hall–Kier alpha value is -1.23. The van der Waals surface area contributed by atoms with Crippen LogP contribution in [0.4, 0.5) is 5.69 Å². The Labute approximate surface area is 112 Å². The third-order valence-electron chi connectivity index (χ3n) is 2.60. The molecule has 2 rings (SSSR count). The molecule has 1 aliphatic heterocycles. The minimum absolute atomic E-state index is 0.388. The minimum Gasteiger partial charge on any atom is -0.478 e. The second-order valence-electron chi connectivity index (χ2n) is 4.39. The van der Waals surface area contributed by atoms with E-state index in [1.807, 2.05) is 19.1 Å². The smallest absolute Gasteiger partial charge is 0.213 e. The van der Waals surface area contributed by atoms with Gasteiger partial charge in [-0.3, -0.25) is 4.99 Å². The first kappa shape index (κ1) is 13.2. The molecule has 2 unspecified atom stereocenters. The highest BCUT2D eigenvalue weighted by molar-refractivity contribution is 8.14. The summed E-state index contributed by atoms with van der Waals surface area (Å²) in [5.41, 5.74) is 0.950. The van der Waals surface area contributed by atoms with Crippen LogP contribution in [-0.4, -0.2) is 28.1 Å². The zero-order valence-corrected chi connectivity index (χ0v) is 11.8. The number of rotatable bonds is 3. The number of thioether (sulfide) groups is 1. The summed E-state index contributed by atoms with van der Waals surface area (Å²) in [6, 6.07) is 4.22. The van der Waals surface area contributed by atoms with Crippen molar-refractivity contribution in [3.8, 4) is 5.88 Å². The van der Waals surface area contributed by atoms with E-state index < -0.39 is 0 Å². The third-order valence-corrected chi connectivity index (χ3v) is 3.63. The Kier molecular flexibility index (Phi) is 4.47. The molecule has 0 radical (unpaired) electrons. The number of aromatic nitrogens is 1. The molecule has 5 heteroatoms. The van der Waals surface area contributed by atoms with Crippen molar-refractivity contribution >= 4 is 22.6 Å². The summed E-state index contributed by atoms with van der Waals surface area (Å²) in [7, 11) is 0. The first-order valence-electron chi connectivity index (χ1n) is 6.27. The molecule has 0 spiro atoms. The van der Waals surface area contributed by atoms with Gasteiger partial charge in [-0.15, -0.1) is 0 Å². The van der Waals surface area contributed by atoms with E-state index in [4.69, 9.17) is 4.74 Å². The highest BCUT2D eigenvalue weighted by Crippen LogP contribution is 2.26. The van der Waals surface area contributed by atoms with Crippen LogP contribution < -0.4 is 10.1 Å². The Morgan fingerprint density at radius 3 is 2.89 bits per heavy atom. The molecule has 18 heavy (non-hydrogen) atoms. The first-order chi connectivity index (χ1) is 8.67. The molecule has 0 aliphatic carbocycles. The van der Waals surface area contributed by atoms with Crippen LogP contribution in [0.1, 0.15) is 27.2 Å². The fraction of sp³-hybridized carbons (Fsp3) is 0.538. The fourth-order valence-electron chi connectivity index (χ4n) is 1.88. The summed E-state index contributed by atoms with van der Waals surface area (Å²) >= 11 is 1.78. The molecule has 1 aromatic rings. The van der Waals surface area contributed by atoms with Crippen molar-refractivity contribution in [1.29, 1.82) is 0 Å². The van der Waals surface area contributed by atoms with Crippen LogP contribution in [0.3, 0.4) is 0 Å². The number of anilines is 1. The zero-order chi connectivity index (χ0) is 13.0. The number of hydrogen-bond acceptors (Lipinski definition) is 5. The van der Waals surface area contributed by atoms with Crippen LogP contribution in [0.2, 0.25) is 0 Å². The molecule has 1 aromatic heterocycles. The maximum atomic E-state index is 5.31. The van der Waals surface area contributed by atoms with E-state index in [0.717, 1.165) is 17.3 Å². The summed E-state index contributed by atoms with van der Waals surface area (Å²) in [6.07, 6.45) is 2.91. The Morgan fingerprint density at radius 2 is 2.28 bits per heavy atom. The molecule has 2 atom stereocenters. The molecule has 0 saturated carbocycles. The number of ether oxygens (including phenoxy) is 1. The SMILES string of the molecule is CCOc1ccc(NC2=NC(C)CC(C)S2)cn1. The predicted molar refractivity (Wildman–Crippen MR) is 77.6 cm³/mol. The normalized spacial score (nSPS) is 23.4. The number of aliphatic imine (C=N–C) groups is 1. The van der Waals surface area contributed by atoms with Gasteiger partial charge < -0.3 is 10.1 Å². The molecular formula is C13H19N3OS. The van der Waals surface area contributed by atoms with Crippen molar-refractivity contribution in [3.63, 3.8) is 0 Å². The highest BCUT2D eigenvalue weighted by Gasteiger charge is 2.18. The van der Waals surface area contributed by atoms with Gasteiger partial charge in [0.2, 0.25) is 5.88 Å². The van der Waals surface area contributed by atoms with Crippen molar-refractivity contribution in [3.05, 3.63) is 18.3 Å². The van der Waals surface area contributed by atoms with Gasteiger partial charge in [0.15, 0.2) is 5.17 Å². The standard InChI is InChI=1S/C13H19N3OS/c1-4-17-12-6-5-11(8-14-12)16-13-15-9(2)7-10(3)18-13/h5-6,8-10H,4,7H2,1-3H3,(H,15,16). The van der Waals surface area contributed by atoms with E-state index in [-0.39, 0.29) is 0 Å². The number of amidine groups is 1. The number of nitrogens with one attached hydrogen (secondary N) is 1. The molecule has 2 heterocycles. The van der Waals surface area contributed by atoms with Crippen LogP contribution in [0.25, 0.3) is 0 Å². The molecule has 98 valence electrons. The van der Waals surface area contributed by atoms with Gasteiger partial charge in [0.1, 0.15) is 0 Å². The van der Waals surface area contributed by atoms with Crippen LogP contribution in [0.15, 0.2) is 23.3 Å². The van der Waals surface area contributed by atoms with Gasteiger partial charge in [-0.2, -0.15) is 0 Å². The average Bonchev–Trinajstić information content (AvgIpc) is 2.31. The molecule has 0 aromatic carbocycles. The fourth-order valence-corrected chi connectivity index (χ4v) is 3.05. The third kappa shape index (κ3) is 3.63. The van der Waals surface area contributed by atoms with Crippen molar-refractivity contribution < 1.29 is 4.74 Å². The summed E-state index contributed by atoms with van der Waals surface area (Å²) in [4.78, 5) is 8.82. The molecule has 1 N–H and O–H groups in total. The molecule has 0 fully saturated rings. The Bertz CT molecular complexity index is 419. The van der Waals surface area contributed by atoms with Crippen molar-refractivity contribution in [2.75, 3.05) is 11.9 Å². The van der Waals surface area contributed by atoms with E-state index in [0.29, 0.717) is 23.8 Å². The van der Waals surface area contributed by atoms with Gasteiger partial charge in [0.25, 0.3) is 0 Å². The number of pyridine rings is 1. The molecular weight excluding hydrogens is 246 g/mol. The summed E-state index contributed by atoms with van der Waals surface area (Å²) in [5.74, 6) is 0.656. The van der Waals surface area contributed by atoms with E-state index in [1.54, 1.807) is 18.0 Å². The Balaban J connectivity index is 2.00. The van der Waals surface area contributed by atoms with Gasteiger partial charge in [0.05, 0.1) is 24.5 Å². The van der Waals surface area contributed by atoms with E-state index in [1.165, 1.54) is 0 Å². The van der Waals surface area contributed by atoms with Gasteiger partial charge in [-0.05, 0) is 26.3 Å². The molecule has 0 amide bonds. The van der Waals surface area contributed by atoms with Crippen molar-refractivity contribution in [2.24, 2.45) is 4.99 Å². The summed E-state index contributed by atoms with van der Waals surface area (Å²) in [5, 5.41) is 4.89.